The molecule has 1 aromatic heterocycles. The largest absolute Gasteiger partial charge is 0.478 e. The van der Waals surface area contributed by atoms with Crippen molar-refractivity contribution >= 4 is 29.1 Å². The summed E-state index contributed by atoms with van der Waals surface area (Å²) in [5.74, 6) is 0.408. The second-order valence-electron chi connectivity index (χ2n) is 4.59. The number of hydrogen-bond acceptors (Lipinski definition) is 3. The number of aromatic nitrogens is 1. The van der Waals surface area contributed by atoms with Gasteiger partial charge in [-0.2, -0.15) is 0 Å². The van der Waals surface area contributed by atoms with E-state index >= 15 is 0 Å². The highest BCUT2D eigenvalue weighted by atomic mass is 35.5. The van der Waals surface area contributed by atoms with Gasteiger partial charge in [-0.25, -0.2) is 4.98 Å². The maximum absolute atomic E-state index is 12.0. The van der Waals surface area contributed by atoms with E-state index in [1.165, 1.54) is 0 Å². The lowest BCUT2D eigenvalue weighted by Gasteiger charge is -2.10. The maximum Gasteiger partial charge on any atom is 0.224 e. The molecule has 0 atom stereocenters. The lowest BCUT2D eigenvalue weighted by molar-refractivity contribution is -0.120. The highest BCUT2D eigenvalue weighted by Gasteiger charge is 2.09. The van der Waals surface area contributed by atoms with Crippen LogP contribution in [0.5, 0.6) is 5.88 Å². The first-order chi connectivity index (χ1) is 10.6. The number of halogens is 2. The minimum absolute atomic E-state index is 0.129. The van der Waals surface area contributed by atoms with Crippen LogP contribution in [-0.4, -0.2) is 17.5 Å². The third-order valence-electron chi connectivity index (χ3n) is 2.97. The van der Waals surface area contributed by atoms with Gasteiger partial charge in [0.05, 0.1) is 13.0 Å². The number of benzene rings is 1. The molecule has 4 nitrogen and oxygen atoms in total. The van der Waals surface area contributed by atoms with Crippen LogP contribution in [0.2, 0.25) is 10.0 Å². The molecule has 0 spiro atoms. The number of nitrogens with zero attached hydrogens (tertiary/aromatic N) is 1. The van der Waals surface area contributed by atoms with Gasteiger partial charge in [0.1, 0.15) is 0 Å². The van der Waals surface area contributed by atoms with Gasteiger partial charge >= 0.3 is 0 Å². The standard InChI is InChI=1S/C16H16Cl2N2O2/c1-2-22-16-12(4-3-7-19-16)10-20-15(21)8-11-5-6-13(17)9-14(11)18/h3-7,9H,2,8,10H2,1H3,(H,20,21). The van der Waals surface area contributed by atoms with Gasteiger partial charge in [0, 0.05) is 28.4 Å². The molecule has 0 aliphatic rings. The van der Waals surface area contributed by atoms with Crippen LogP contribution >= 0.6 is 23.2 Å². The van der Waals surface area contributed by atoms with Gasteiger partial charge in [0.2, 0.25) is 11.8 Å². The van der Waals surface area contributed by atoms with Crippen molar-refractivity contribution in [1.82, 2.24) is 10.3 Å². The van der Waals surface area contributed by atoms with Crippen LogP contribution in [-0.2, 0) is 17.8 Å². The van der Waals surface area contributed by atoms with E-state index in [-0.39, 0.29) is 12.3 Å². The van der Waals surface area contributed by atoms with Crippen LogP contribution in [0.15, 0.2) is 36.5 Å². The van der Waals surface area contributed by atoms with Crippen molar-refractivity contribution < 1.29 is 9.53 Å². The van der Waals surface area contributed by atoms with Crippen molar-refractivity contribution in [3.8, 4) is 5.88 Å². The van der Waals surface area contributed by atoms with Gasteiger partial charge in [-0.15, -0.1) is 0 Å². The zero-order valence-electron chi connectivity index (χ0n) is 12.1. The van der Waals surface area contributed by atoms with Crippen LogP contribution in [0.25, 0.3) is 0 Å². The Labute approximate surface area is 139 Å². The number of hydrogen-bond donors (Lipinski definition) is 1. The summed E-state index contributed by atoms with van der Waals surface area (Å²) in [4.78, 5) is 16.2. The number of pyridine rings is 1. The average molecular weight is 339 g/mol. The summed E-state index contributed by atoms with van der Waals surface area (Å²) in [6.45, 7) is 2.77. The Balaban J connectivity index is 1.95. The number of nitrogens with one attached hydrogen (secondary N) is 1. The van der Waals surface area contributed by atoms with Crippen molar-refractivity contribution in [2.24, 2.45) is 0 Å². The minimum atomic E-state index is -0.129. The fourth-order valence-corrected chi connectivity index (χ4v) is 2.39. The monoisotopic (exact) mass is 338 g/mol. The van der Waals surface area contributed by atoms with E-state index in [2.05, 4.69) is 10.3 Å². The Hall–Kier alpha value is -1.78. The zero-order chi connectivity index (χ0) is 15.9. The molecular formula is C16H16Cl2N2O2. The predicted molar refractivity (Wildman–Crippen MR) is 87.4 cm³/mol. The van der Waals surface area contributed by atoms with Gasteiger partial charge < -0.3 is 10.1 Å². The molecule has 6 heteroatoms. The first kappa shape index (κ1) is 16.6. The highest BCUT2D eigenvalue weighted by Crippen LogP contribution is 2.21. The van der Waals surface area contributed by atoms with Gasteiger partial charge in [0.25, 0.3) is 0 Å². The van der Waals surface area contributed by atoms with Crippen LogP contribution in [0.1, 0.15) is 18.1 Å². The summed E-state index contributed by atoms with van der Waals surface area (Å²) in [6, 6.07) is 8.76. The molecule has 0 unspecified atom stereocenters. The molecule has 116 valence electrons. The number of carbonyl (C=O) groups is 1. The number of carbonyl (C=O) groups excluding carboxylic acids is 1. The summed E-state index contributed by atoms with van der Waals surface area (Å²) in [6.07, 6.45) is 1.85. The molecular weight excluding hydrogens is 323 g/mol. The van der Waals surface area contributed by atoms with Crippen molar-refractivity contribution in [3.05, 3.63) is 57.7 Å². The lowest BCUT2D eigenvalue weighted by atomic mass is 10.1. The summed E-state index contributed by atoms with van der Waals surface area (Å²) in [5, 5.41) is 3.87. The first-order valence-corrected chi connectivity index (χ1v) is 7.63. The van der Waals surface area contributed by atoms with E-state index in [1.807, 2.05) is 13.0 Å². The van der Waals surface area contributed by atoms with E-state index in [4.69, 9.17) is 27.9 Å². The molecule has 1 heterocycles. The number of rotatable bonds is 6. The fraction of sp³-hybridized carbons (Fsp3) is 0.250. The molecule has 1 N–H and O–H groups in total. The van der Waals surface area contributed by atoms with E-state index in [0.29, 0.717) is 29.1 Å². The Morgan fingerprint density at radius 3 is 2.82 bits per heavy atom. The molecule has 0 saturated carbocycles. The Bertz CT molecular complexity index is 662. The summed E-state index contributed by atoms with van der Waals surface area (Å²) in [5.41, 5.74) is 1.57. The molecule has 22 heavy (non-hydrogen) atoms. The Kier molecular flexibility index (Phi) is 6.04. The van der Waals surface area contributed by atoms with E-state index < -0.39 is 0 Å². The lowest BCUT2D eigenvalue weighted by Crippen LogP contribution is -2.25. The summed E-state index contributed by atoms with van der Waals surface area (Å²) < 4.78 is 5.42. The van der Waals surface area contributed by atoms with Crippen molar-refractivity contribution in [2.75, 3.05) is 6.61 Å². The van der Waals surface area contributed by atoms with E-state index in [9.17, 15) is 4.79 Å². The molecule has 2 aromatic rings. The predicted octanol–water partition coefficient (Wildman–Crippen LogP) is 3.65. The average Bonchev–Trinajstić information content (AvgIpc) is 2.49. The second-order valence-corrected chi connectivity index (χ2v) is 5.43. The molecule has 0 radical (unpaired) electrons. The summed E-state index contributed by atoms with van der Waals surface area (Å²) in [7, 11) is 0. The molecule has 0 bridgehead atoms. The Morgan fingerprint density at radius 1 is 1.27 bits per heavy atom. The summed E-state index contributed by atoms with van der Waals surface area (Å²) >= 11 is 11.9. The van der Waals surface area contributed by atoms with Crippen LogP contribution < -0.4 is 10.1 Å². The first-order valence-electron chi connectivity index (χ1n) is 6.87. The third kappa shape index (κ3) is 4.61. The number of ether oxygens (including phenoxy) is 1. The molecule has 1 amide bonds. The Morgan fingerprint density at radius 2 is 2.09 bits per heavy atom. The van der Waals surface area contributed by atoms with Crippen molar-refractivity contribution in [1.29, 1.82) is 0 Å². The van der Waals surface area contributed by atoms with Crippen molar-refractivity contribution in [3.63, 3.8) is 0 Å². The third-order valence-corrected chi connectivity index (χ3v) is 3.56. The SMILES string of the molecule is CCOc1ncccc1CNC(=O)Cc1ccc(Cl)cc1Cl. The molecule has 2 rings (SSSR count). The zero-order valence-corrected chi connectivity index (χ0v) is 13.6. The van der Waals surface area contributed by atoms with Crippen LogP contribution in [0.3, 0.4) is 0 Å². The van der Waals surface area contributed by atoms with Gasteiger partial charge in [0.15, 0.2) is 0 Å². The van der Waals surface area contributed by atoms with Crippen LogP contribution in [0, 0.1) is 0 Å². The minimum Gasteiger partial charge on any atom is -0.478 e. The molecule has 0 aliphatic heterocycles. The van der Waals surface area contributed by atoms with Crippen molar-refractivity contribution in [2.45, 2.75) is 19.9 Å². The van der Waals surface area contributed by atoms with Crippen LogP contribution in [0.4, 0.5) is 0 Å². The maximum atomic E-state index is 12.0. The molecule has 0 fully saturated rings. The smallest absolute Gasteiger partial charge is 0.224 e. The van der Waals surface area contributed by atoms with E-state index in [0.717, 1.165) is 11.1 Å². The quantitative estimate of drug-likeness (QED) is 0.874. The topological polar surface area (TPSA) is 51.2 Å². The molecule has 0 aliphatic carbocycles. The highest BCUT2D eigenvalue weighted by molar-refractivity contribution is 6.35. The number of amides is 1. The van der Waals surface area contributed by atoms with Gasteiger partial charge in [-0.05, 0) is 30.7 Å². The van der Waals surface area contributed by atoms with E-state index in [1.54, 1.807) is 30.5 Å². The van der Waals surface area contributed by atoms with Gasteiger partial charge in [-0.1, -0.05) is 35.3 Å². The molecule has 1 aromatic carbocycles. The second kappa shape index (κ2) is 8.01. The molecule has 0 saturated heterocycles. The van der Waals surface area contributed by atoms with Gasteiger partial charge in [-0.3, -0.25) is 4.79 Å². The normalized spacial score (nSPS) is 10.3. The fourth-order valence-electron chi connectivity index (χ4n) is 1.92.